The Kier molecular flexibility index (Phi) is 8.34. The molecule has 0 spiro atoms. The van der Waals surface area contributed by atoms with Crippen molar-refractivity contribution in [3.05, 3.63) is 89.7 Å². The Labute approximate surface area is 202 Å². The second kappa shape index (κ2) is 11.8. The number of likely N-dealkylation sites (N-methyl/N-ethyl adjacent to an activating group) is 1. The van der Waals surface area contributed by atoms with E-state index in [-0.39, 0.29) is 18.3 Å². The number of aliphatic hydroxyl groups excluding tert-OH is 1. The third kappa shape index (κ3) is 6.46. The van der Waals surface area contributed by atoms with Crippen molar-refractivity contribution < 1.29 is 14.6 Å². The predicted molar refractivity (Wildman–Crippen MR) is 137 cm³/mol. The normalized spacial score (nSPS) is 16.4. The minimum atomic E-state index is -0.661. The molecule has 5 nitrogen and oxygen atoms in total. The average Bonchev–Trinajstić information content (AvgIpc) is 2.87. The maximum Gasteiger partial charge on any atom is 0.286 e. The van der Waals surface area contributed by atoms with Gasteiger partial charge in [-0.25, -0.2) is 0 Å². The van der Waals surface area contributed by atoms with Gasteiger partial charge in [-0.05, 0) is 66.7 Å². The molecular weight excluding hydrogens is 424 g/mol. The van der Waals surface area contributed by atoms with Crippen molar-refractivity contribution in [2.24, 2.45) is 0 Å². The molecule has 4 rings (SSSR count). The maximum atomic E-state index is 12.4. The van der Waals surface area contributed by atoms with Gasteiger partial charge in [0, 0.05) is 13.1 Å². The monoisotopic (exact) mass is 458 g/mol. The van der Waals surface area contributed by atoms with E-state index in [0.717, 1.165) is 31.5 Å². The molecule has 0 bridgehead atoms. The zero-order chi connectivity index (χ0) is 23.8. The van der Waals surface area contributed by atoms with E-state index in [2.05, 4.69) is 52.7 Å². The first kappa shape index (κ1) is 24.0. The Morgan fingerprint density at radius 1 is 1.06 bits per heavy atom. The molecule has 0 aromatic heterocycles. The summed E-state index contributed by atoms with van der Waals surface area (Å²) >= 11 is 0. The lowest BCUT2D eigenvalue weighted by atomic mass is 9.88. The molecule has 1 heterocycles. The fourth-order valence-electron chi connectivity index (χ4n) is 4.57. The summed E-state index contributed by atoms with van der Waals surface area (Å²) in [6, 6.07) is 24.9. The van der Waals surface area contributed by atoms with Gasteiger partial charge in [0.05, 0.1) is 0 Å². The molecule has 1 aliphatic heterocycles. The lowest BCUT2D eigenvalue weighted by molar-refractivity contribution is -0.121. The summed E-state index contributed by atoms with van der Waals surface area (Å²) in [5.74, 6) is 0.504. The number of carbonyl (C=O) groups is 1. The molecule has 1 amide bonds. The third-order valence-electron chi connectivity index (χ3n) is 6.39. The first-order valence-electron chi connectivity index (χ1n) is 12.2. The Morgan fingerprint density at radius 2 is 1.76 bits per heavy atom. The van der Waals surface area contributed by atoms with Crippen molar-refractivity contribution >= 4 is 22.8 Å². The summed E-state index contributed by atoms with van der Waals surface area (Å²) in [5.41, 5.74) is 2.29. The molecule has 0 aliphatic carbocycles. The number of benzene rings is 3. The Morgan fingerprint density at radius 3 is 2.50 bits per heavy atom. The first-order valence-corrected chi connectivity index (χ1v) is 12.2. The van der Waals surface area contributed by atoms with Crippen molar-refractivity contribution in [1.82, 2.24) is 10.2 Å². The standard InChI is InChI=1S/C29H34N2O3/c1-2-30-29(33)28(18-22-8-4-3-5-9-22)34-21-27(32)20-31-16-14-24(15-17-31)26-13-12-23-10-6-7-11-25(23)19-26/h3-13,18-19,24,27,32H,2,14-17,20-21H2,1H3,(H,30,33). The second-order valence-electron chi connectivity index (χ2n) is 8.93. The summed E-state index contributed by atoms with van der Waals surface area (Å²) in [6.45, 7) is 4.89. The number of nitrogens with zero attached hydrogens (tertiary/aromatic N) is 1. The van der Waals surface area contributed by atoms with E-state index in [9.17, 15) is 9.90 Å². The number of hydrogen-bond acceptors (Lipinski definition) is 4. The number of ether oxygens (including phenoxy) is 1. The summed E-state index contributed by atoms with van der Waals surface area (Å²) in [6.07, 6.45) is 3.20. The van der Waals surface area contributed by atoms with Crippen LogP contribution in [0.1, 0.15) is 36.8 Å². The number of piperidine rings is 1. The van der Waals surface area contributed by atoms with Crippen molar-refractivity contribution in [3.8, 4) is 0 Å². The number of rotatable bonds is 9. The Bertz CT molecular complexity index is 1100. The molecular formula is C29H34N2O3. The van der Waals surface area contributed by atoms with Gasteiger partial charge >= 0.3 is 0 Å². The number of fused-ring (bicyclic) bond motifs is 1. The van der Waals surface area contributed by atoms with Crippen LogP contribution in [-0.4, -0.2) is 54.8 Å². The summed E-state index contributed by atoms with van der Waals surface area (Å²) in [4.78, 5) is 14.7. The van der Waals surface area contributed by atoms with Crippen molar-refractivity contribution in [2.45, 2.75) is 31.8 Å². The van der Waals surface area contributed by atoms with Crippen molar-refractivity contribution in [2.75, 3.05) is 32.8 Å². The van der Waals surface area contributed by atoms with Crippen molar-refractivity contribution in [3.63, 3.8) is 0 Å². The van der Waals surface area contributed by atoms with E-state index in [1.165, 1.54) is 16.3 Å². The number of nitrogens with one attached hydrogen (secondary N) is 1. The first-order chi connectivity index (χ1) is 16.6. The molecule has 5 heteroatoms. The van der Waals surface area contributed by atoms with Crippen LogP contribution in [0.15, 0.2) is 78.6 Å². The zero-order valence-electron chi connectivity index (χ0n) is 19.8. The van der Waals surface area contributed by atoms with Gasteiger partial charge in [0.15, 0.2) is 5.76 Å². The number of likely N-dealkylation sites (tertiary alicyclic amines) is 1. The molecule has 178 valence electrons. The van der Waals surface area contributed by atoms with Crippen LogP contribution in [0, 0.1) is 0 Å². The van der Waals surface area contributed by atoms with Gasteiger partial charge in [0.2, 0.25) is 0 Å². The van der Waals surface area contributed by atoms with E-state index in [0.29, 0.717) is 19.0 Å². The minimum Gasteiger partial charge on any atom is -0.485 e. The van der Waals surface area contributed by atoms with E-state index in [1.54, 1.807) is 6.08 Å². The quantitative estimate of drug-likeness (QED) is 0.364. The molecule has 1 fully saturated rings. The number of aliphatic hydroxyl groups is 1. The molecule has 3 aromatic carbocycles. The number of hydrogen-bond donors (Lipinski definition) is 2. The highest BCUT2D eigenvalue weighted by Crippen LogP contribution is 2.30. The SMILES string of the molecule is CCNC(=O)C(=Cc1ccccc1)OCC(O)CN1CCC(c2ccc3ccccc3c2)CC1. The van der Waals surface area contributed by atoms with Crippen LogP contribution in [-0.2, 0) is 9.53 Å². The molecule has 0 saturated carbocycles. The fraction of sp³-hybridized carbons (Fsp3) is 0.345. The largest absolute Gasteiger partial charge is 0.485 e. The molecule has 1 saturated heterocycles. The highest BCUT2D eigenvalue weighted by molar-refractivity contribution is 5.95. The van der Waals surface area contributed by atoms with Crippen LogP contribution in [0.4, 0.5) is 0 Å². The number of amides is 1. The topological polar surface area (TPSA) is 61.8 Å². The fourth-order valence-corrected chi connectivity index (χ4v) is 4.57. The Balaban J connectivity index is 1.28. The molecule has 0 radical (unpaired) electrons. The van der Waals surface area contributed by atoms with Crippen LogP contribution in [0.3, 0.4) is 0 Å². The van der Waals surface area contributed by atoms with Gasteiger partial charge in [-0.15, -0.1) is 0 Å². The van der Waals surface area contributed by atoms with Crippen LogP contribution in [0.2, 0.25) is 0 Å². The number of β-amino-alcohol motifs (C(OH)–C–C–N with tert-alkyl or cyclic N) is 1. The lowest BCUT2D eigenvalue weighted by Crippen LogP contribution is -2.40. The highest BCUT2D eigenvalue weighted by atomic mass is 16.5. The van der Waals surface area contributed by atoms with E-state index in [4.69, 9.17) is 4.74 Å². The van der Waals surface area contributed by atoms with Crippen LogP contribution < -0.4 is 5.32 Å². The third-order valence-corrected chi connectivity index (χ3v) is 6.39. The van der Waals surface area contributed by atoms with E-state index < -0.39 is 6.10 Å². The number of carbonyl (C=O) groups excluding carboxylic acids is 1. The van der Waals surface area contributed by atoms with Gasteiger partial charge in [-0.1, -0.05) is 72.8 Å². The molecule has 1 unspecified atom stereocenters. The smallest absolute Gasteiger partial charge is 0.286 e. The highest BCUT2D eigenvalue weighted by Gasteiger charge is 2.23. The van der Waals surface area contributed by atoms with Crippen LogP contribution in [0.25, 0.3) is 16.8 Å². The van der Waals surface area contributed by atoms with E-state index in [1.807, 2.05) is 37.3 Å². The predicted octanol–water partition coefficient (Wildman–Crippen LogP) is 4.57. The average molecular weight is 459 g/mol. The molecule has 2 N–H and O–H groups in total. The van der Waals surface area contributed by atoms with Gasteiger partial charge in [-0.2, -0.15) is 0 Å². The van der Waals surface area contributed by atoms with Gasteiger partial charge < -0.3 is 20.1 Å². The van der Waals surface area contributed by atoms with Gasteiger partial charge in [0.1, 0.15) is 12.7 Å². The molecule has 1 aliphatic rings. The molecule has 3 aromatic rings. The zero-order valence-corrected chi connectivity index (χ0v) is 19.8. The van der Waals surface area contributed by atoms with Gasteiger partial charge in [-0.3, -0.25) is 4.79 Å². The minimum absolute atomic E-state index is 0.0837. The summed E-state index contributed by atoms with van der Waals surface area (Å²) in [7, 11) is 0. The van der Waals surface area contributed by atoms with Crippen molar-refractivity contribution in [1.29, 1.82) is 0 Å². The maximum absolute atomic E-state index is 12.4. The van der Waals surface area contributed by atoms with Gasteiger partial charge in [0.25, 0.3) is 5.91 Å². The van der Waals surface area contributed by atoms with Crippen LogP contribution in [0.5, 0.6) is 0 Å². The summed E-state index contributed by atoms with van der Waals surface area (Å²) in [5, 5.41) is 16.0. The molecule has 1 atom stereocenters. The molecule has 34 heavy (non-hydrogen) atoms. The second-order valence-corrected chi connectivity index (χ2v) is 8.93. The Hall–Kier alpha value is -3.15. The van der Waals surface area contributed by atoms with Crippen LogP contribution >= 0.6 is 0 Å². The van der Waals surface area contributed by atoms with E-state index >= 15 is 0 Å². The summed E-state index contributed by atoms with van der Waals surface area (Å²) < 4.78 is 5.77. The lowest BCUT2D eigenvalue weighted by Gasteiger charge is -2.33.